The molecule has 33 heavy (non-hydrogen) atoms. The summed E-state index contributed by atoms with van der Waals surface area (Å²) in [6.07, 6.45) is -0.286. The molecular weight excluding hydrogens is 514 g/mol. The molecule has 2 unspecified atom stereocenters. The molecule has 1 N–H and O–H groups in total. The summed E-state index contributed by atoms with van der Waals surface area (Å²) in [6.45, 7) is 0.756. The van der Waals surface area contributed by atoms with Crippen molar-refractivity contribution in [2.75, 3.05) is 46.0 Å². The first kappa shape index (κ1) is 25.6. The molecule has 1 aliphatic rings. The van der Waals surface area contributed by atoms with E-state index >= 15 is 0 Å². The van der Waals surface area contributed by atoms with Crippen molar-refractivity contribution in [3.63, 3.8) is 0 Å². The molecule has 3 rings (SSSR count). The van der Waals surface area contributed by atoms with Crippen LogP contribution in [0.25, 0.3) is 0 Å². The van der Waals surface area contributed by atoms with Crippen molar-refractivity contribution in [3.8, 4) is 23.0 Å². The minimum atomic E-state index is -3.09. The number of aliphatic hydroxyl groups excluding tert-OH is 1. The first-order chi connectivity index (χ1) is 15.7. The Labute approximate surface area is 203 Å². The number of aliphatic hydroxyl groups is 1. The Morgan fingerprint density at radius 1 is 1.09 bits per heavy atom. The van der Waals surface area contributed by atoms with Crippen LogP contribution in [0, 0.1) is 0 Å². The van der Waals surface area contributed by atoms with Gasteiger partial charge in [0.1, 0.15) is 18.5 Å². The summed E-state index contributed by atoms with van der Waals surface area (Å²) in [6, 6.07) is 10.8. The van der Waals surface area contributed by atoms with E-state index in [4.69, 9.17) is 18.9 Å². The third-order valence-corrected chi connectivity index (χ3v) is 7.82. The smallest absolute Gasteiger partial charge is 0.203 e. The molecule has 182 valence electrons. The lowest BCUT2D eigenvalue weighted by atomic mass is 10.1. The zero-order valence-electron chi connectivity index (χ0n) is 19.0. The van der Waals surface area contributed by atoms with Gasteiger partial charge in [-0.15, -0.1) is 0 Å². The fourth-order valence-electron chi connectivity index (χ4n) is 3.91. The minimum Gasteiger partial charge on any atom is -0.493 e. The van der Waals surface area contributed by atoms with Gasteiger partial charge in [-0.1, -0.05) is 15.9 Å². The summed E-state index contributed by atoms with van der Waals surface area (Å²) in [5, 5.41) is 10.7. The summed E-state index contributed by atoms with van der Waals surface area (Å²) >= 11 is 3.38. The molecule has 1 saturated heterocycles. The Balaban J connectivity index is 1.76. The van der Waals surface area contributed by atoms with Crippen LogP contribution in [-0.4, -0.2) is 76.6 Å². The van der Waals surface area contributed by atoms with Gasteiger partial charge < -0.3 is 24.1 Å². The summed E-state index contributed by atoms with van der Waals surface area (Å²) in [4.78, 5) is 1.99. The minimum absolute atomic E-state index is 0.0672. The first-order valence-corrected chi connectivity index (χ1v) is 13.2. The largest absolute Gasteiger partial charge is 0.493 e. The lowest BCUT2D eigenvalue weighted by Gasteiger charge is -2.30. The van der Waals surface area contributed by atoms with Crippen molar-refractivity contribution < 1.29 is 32.5 Å². The van der Waals surface area contributed by atoms with Gasteiger partial charge in [-0.2, -0.15) is 0 Å². The Bertz CT molecular complexity index is 1000. The van der Waals surface area contributed by atoms with E-state index < -0.39 is 15.9 Å². The van der Waals surface area contributed by atoms with E-state index in [1.165, 1.54) is 7.11 Å². The molecule has 0 spiro atoms. The van der Waals surface area contributed by atoms with Crippen LogP contribution in [0.15, 0.2) is 40.9 Å². The van der Waals surface area contributed by atoms with E-state index in [-0.39, 0.29) is 30.7 Å². The Morgan fingerprint density at radius 2 is 1.73 bits per heavy atom. The lowest BCUT2D eigenvalue weighted by Crippen LogP contribution is -2.42. The van der Waals surface area contributed by atoms with E-state index in [0.29, 0.717) is 36.0 Å². The maximum atomic E-state index is 12.1. The van der Waals surface area contributed by atoms with Crippen molar-refractivity contribution >= 4 is 25.8 Å². The number of methoxy groups -OCH3 is 3. The third kappa shape index (κ3) is 6.99. The average Bonchev–Trinajstić information content (AvgIpc) is 3.17. The fraction of sp³-hybridized carbons (Fsp3) is 0.478. The van der Waals surface area contributed by atoms with Crippen LogP contribution in [0.4, 0.5) is 0 Å². The standard InChI is InChI=1S/C23H30BrNO7S/c1-29-21-10-16(11-22(30-2)23(21)31-3)12-25(18-8-9-33(27,28)15-18)13-19(26)14-32-20-6-4-17(24)5-7-20/h4-7,10-11,18-19,26H,8-9,12-15H2,1-3H3. The zero-order valence-corrected chi connectivity index (χ0v) is 21.4. The topological polar surface area (TPSA) is 94.5 Å². The van der Waals surface area contributed by atoms with Crippen molar-refractivity contribution in [1.29, 1.82) is 0 Å². The Kier molecular flexibility index (Phi) is 8.86. The van der Waals surface area contributed by atoms with E-state index in [1.54, 1.807) is 14.2 Å². The third-order valence-electron chi connectivity index (χ3n) is 5.54. The monoisotopic (exact) mass is 543 g/mol. The van der Waals surface area contributed by atoms with Crippen LogP contribution in [0.2, 0.25) is 0 Å². The van der Waals surface area contributed by atoms with Gasteiger partial charge in [0.2, 0.25) is 5.75 Å². The van der Waals surface area contributed by atoms with Crippen LogP contribution < -0.4 is 18.9 Å². The zero-order chi connectivity index (χ0) is 24.0. The van der Waals surface area contributed by atoms with Gasteiger partial charge in [-0.3, -0.25) is 4.90 Å². The number of hydrogen-bond donors (Lipinski definition) is 1. The summed E-state index contributed by atoms with van der Waals surface area (Å²) in [5.74, 6) is 2.39. The molecule has 2 atom stereocenters. The normalized spacial score (nSPS) is 18.2. The maximum Gasteiger partial charge on any atom is 0.203 e. The van der Waals surface area contributed by atoms with Gasteiger partial charge >= 0.3 is 0 Å². The van der Waals surface area contributed by atoms with Gasteiger partial charge in [0, 0.05) is 23.6 Å². The number of benzene rings is 2. The van der Waals surface area contributed by atoms with E-state index in [9.17, 15) is 13.5 Å². The van der Waals surface area contributed by atoms with Crippen molar-refractivity contribution in [2.24, 2.45) is 0 Å². The fourth-order valence-corrected chi connectivity index (χ4v) is 5.94. The number of nitrogens with zero attached hydrogens (tertiary/aromatic N) is 1. The molecule has 2 aromatic carbocycles. The van der Waals surface area contributed by atoms with Gasteiger partial charge in [0.15, 0.2) is 21.3 Å². The Hall–Kier alpha value is -2.01. The highest BCUT2D eigenvalue weighted by Gasteiger charge is 2.33. The van der Waals surface area contributed by atoms with Gasteiger partial charge in [0.05, 0.1) is 32.8 Å². The number of sulfone groups is 1. The molecule has 1 aliphatic heterocycles. The number of hydrogen-bond acceptors (Lipinski definition) is 8. The molecule has 0 bridgehead atoms. The molecule has 2 aromatic rings. The van der Waals surface area contributed by atoms with Gasteiger partial charge in [-0.05, 0) is 48.4 Å². The number of ether oxygens (including phenoxy) is 4. The molecule has 0 aliphatic carbocycles. The molecule has 0 saturated carbocycles. The first-order valence-electron chi connectivity index (χ1n) is 10.5. The molecule has 0 aromatic heterocycles. The van der Waals surface area contributed by atoms with Crippen molar-refractivity contribution in [2.45, 2.75) is 25.1 Å². The Morgan fingerprint density at radius 3 is 2.24 bits per heavy atom. The lowest BCUT2D eigenvalue weighted by molar-refractivity contribution is 0.0524. The quantitative estimate of drug-likeness (QED) is 0.462. The van der Waals surface area contributed by atoms with Crippen LogP contribution in [0.1, 0.15) is 12.0 Å². The molecule has 0 amide bonds. The van der Waals surface area contributed by atoms with Crippen molar-refractivity contribution in [1.82, 2.24) is 4.90 Å². The van der Waals surface area contributed by atoms with Crippen LogP contribution in [-0.2, 0) is 16.4 Å². The molecular formula is C23H30BrNO7S. The highest BCUT2D eigenvalue weighted by Crippen LogP contribution is 2.38. The maximum absolute atomic E-state index is 12.1. The predicted molar refractivity (Wildman–Crippen MR) is 129 cm³/mol. The van der Waals surface area contributed by atoms with E-state index in [1.807, 2.05) is 41.3 Å². The molecule has 1 heterocycles. The van der Waals surface area contributed by atoms with Gasteiger partial charge in [0.25, 0.3) is 0 Å². The van der Waals surface area contributed by atoms with Crippen LogP contribution in [0.3, 0.4) is 0 Å². The van der Waals surface area contributed by atoms with Crippen LogP contribution >= 0.6 is 15.9 Å². The summed E-state index contributed by atoms with van der Waals surface area (Å²) in [7, 11) is 1.54. The molecule has 1 fully saturated rings. The second kappa shape index (κ2) is 11.4. The average molecular weight is 544 g/mol. The van der Waals surface area contributed by atoms with Crippen LogP contribution in [0.5, 0.6) is 23.0 Å². The summed E-state index contributed by atoms with van der Waals surface area (Å²) in [5.41, 5.74) is 0.856. The second-order valence-corrected chi connectivity index (χ2v) is 11.1. The SMILES string of the molecule is COc1cc(CN(CC(O)COc2ccc(Br)cc2)C2CCS(=O)(=O)C2)cc(OC)c1OC. The molecule has 0 radical (unpaired) electrons. The number of halogens is 1. The summed E-state index contributed by atoms with van der Waals surface area (Å²) < 4.78 is 47.2. The van der Waals surface area contributed by atoms with Crippen molar-refractivity contribution in [3.05, 3.63) is 46.4 Å². The number of rotatable bonds is 11. The van der Waals surface area contributed by atoms with E-state index in [2.05, 4.69) is 15.9 Å². The second-order valence-electron chi connectivity index (χ2n) is 7.94. The van der Waals surface area contributed by atoms with E-state index in [0.717, 1.165) is 10.0 Å². The highest BCUT2D eigenvalue weighted by atomic mass is 79.9. The molecule has 8 nitrogen and oxygen atoms in total. The predicted octanol–water partition coefficient (Wildman–Crippen LogP) is 2.90. The molecule has 10 heteroatoms. The highest BCUT2D eigenvalue weighted by molar-refractivity contribution is 9.10. The van der Waals surface area contributed by atoms with Gasteiger partial charge in [-0.25, -0.2) is 8.42 Å².